The first kappa shape index (κ1) is 14.1. The Hall–Kier alpha value is -1.88. The van der Waals surface area contributed by atoms with Gasteiger partial charge in [0.1, 0.15) is 5.52 Å². The second-order valence-corrected chi connectivity index (χ2v) is 7.06. The molecule has 21 heavy (non-hydrogen) atoms. The van der Waals surface area contributed by atoms with E-state index in [1.54, 1.807) is 17.5 Å². The molecule has 0 aliphatic carbocycles. The Balaban J connectivity index is 1.92. The second kappa shape index (κ2) is 5.15. The molecule has 0 fully saturated rings. The van der Waals surface area contributed by atoms with Crippen LogP contribution in [0.15, 0.2) is 29.2 Å². The minimum atomic E-state index is 0.0350. The minimum Gasteiger partial charge on any atom is -0.364 e. The summed E-state index contributed by atoms with van der Waals surface area (Å²) in [4.78, 5) is 4.46. The smallest absolute Gasteiger partial charge is 0.152 e. The van der Waals surface area contributed by atoms with Gasteiger partial charge in [0.2, 0.25) is 0 Å². The van der Waals surface area contributed by atoms with E-state index in [0.29, 0.717) is 0 Å². The molecule has 0 saturated heterocycles. The molecule has 0 aliphatic rings. The first-order chi connectivity index (χ1) is 9.95. The highest BCUT2D eigenvalue weighted by Gasteiger charge is 2.19. The van der Waals surface area contributed by atoms with Gasteiger partial charge in [-0.05, 0) is 34.9 Å². The molecule has 0 aliphatic heterocycles. The highest BCUT2D eigenvalue weighted by Crippen LogP contribution is 2.25. The minimum absolute atomic E-state index is 0.0350. The summed E-state index contributed by atoms with van der Waals surface area (Å²) in [5, 5.41) is 12.4. The molecule has 0 amide bonds. The topological polar surface area (TPSA) is 42.2 Å². The van der Waals surface area contributed by atoms with Crippen LogP contribution in [0, 0.1) is 6.92 Å². The molecule has 3 aromatic rings. The van der Waals surface area contributed by atoms with Gasteiger partial charge >= 0.3 is 0 Å². The van der Waals surface area contributed by atoms with Gasteiger partial charge in [-0.15, -0.1) is 0 Å². The highest BCUT2D eigenvalue weighted by molar-refractivity contribution is 7.08. The Morgan fingerprint density at radius 1 is 1.29 bits per heavy atom. The third kappa shape index (κ3) is 2.78. The van der Waals surface area contributed by atoms with E-state index in [-0.39, 0.29) is 5.41 Å². The van der Waals surface area contributed by atoms with Crippen molar-refractivity contribution in [2.24, 2.45) is 0 Å². The van der Waals surface area contributed by atoms with Crippen LogP contribution in [-0.2, 0) is 12.0 Å². The van der Waals surface area contributed by atoms with Gasteiger partial charge in [-0.2, -0.15) is 16.4 Å². The Labute approximate surface area is 128 Å². The molecular weight excluding hydrogens is 280 g/mol. The van der Waals surface area contributed by atoms with E-state index < -0.39 is 0 Å². The maximum absolute atomic E-state index is 4.65. The number of fused-ring (bicyclic) bond motifs is 1. The molecule has 0 atom stereocenters. The molecule has 0 saturated carbocycles. The van der Waals surface area contributed by atoms with E-state index in [9.17, 15) is 0 Å². The van der Waals surface area contributed by atoms with Crippen LogP contribution in [0.5, 0.6) is 0 Å². The lowest BCUT2D eigenvalue weighted by molar-refractivity contribution is 0.562. The lowest BCUT2D eigenvalue weighted by Gasteiger charge is -2.13. The molecule has 0 unspecified atom stereocenters. The largest absolute Gasteiger partial charge is 0.364 e. The van der Waals surface area contributed by atoms with Crippen molar-refractivity contribution in [3.05, 3.63) is 46.0 Å². The number of rotatable bonds is 3. The number of hydrogen-bond acceptors (Lipinski definition) is 4. The molecule has 0 bridgehead atoms. The summed E-state index contributed by atoms with van der Waals surface area (Å²) in [6.07, 6.45) is 3.68. The van der Waals surface area contributed by atoms with E-state index in [2.05, 4.69) is 59.9 Å². The van der Waals surface area contributed by atoms with Crippen LogP contribution in [0.25, 0.3) is 5.52 Å². The fourth-order valence-electron chi connectivity index (χ4n) is 2.17. The fourth-order valence-corrected chi connectivity index (χ4v) is 3.03. The zero-order valence-corrected chi connectivity index (χ0v) is 13.7. The van der Waals surface area contributed by atoms with Crippen LogP contribution >= 0.6 is 11.3 Å². The van der Waals surface area contributed by atoms with E-state index in [4.69, 9.17) is 0 Å². The summed E-state index contributed by atoms with van der Waals surface area (Å²) in [6.45, 7) is 9.44. The molecule has 3 rings (SSSR count). The molecule has 110 valence electrons. The summed E-state index contributed by atoms with van der Waals surface area (Å²) in [6, 6.07) is 2.12. The van der Waals surface area contributed by atoms with E-state index in [0.717, 1.165) is 23.6 Å². The van der Waals surface area contributed by atoms with Gasteiger partial charge < -0.3 is 5.32 Å². The average Bonchev–Trinajstić information content (AvgIpc) is 3.02. The van der Waals surface area contributed by atoms with E-state index >= 15 is 0 Å². The summed E-state index contributed by atoms with van der Waals surface area (Å²) >= 11 is 1.73. The number of nitrogens with zero attached hydrogens (tertiary/aromatic N) is 3. The van der Waals surface area contributed by atoms with E-state index in [1.165, 1.54) is 11.1 Å². The van der Waals surface area contributed by atoms with Gasteiger partial charge in [0.05, 0.1) is 5.69 Å². The Bertz CT molecular complexity index is 764. The third-order valence-electron chi connectivity index (χ3n) is 3.57. The highest BCUT2D eigenvalue weighted by atomic mass is 32.1. The summed E-state index contributed by atoms with van der Waals surface area (Å²) in [5.41, 5.74) is 4.77. The van der Waals surface area contributed by atoms with Crippen LogP contribution < -0.4 is 5.32 Å². The molecule has 0 aromatic carbocycles. The number of nitrogens with one attached hydrogen (secondary N) is 1. The summed E-state index contributed by atoms with van der Waals surface area (Å²) in [5.74, 6) is 0.881. The van der Waals surface area contributed by atoms with Gasteiger partial charge in [0.15, 0.2) is 5.82 Å². The first-order valence-electron chi connectivity index (χ1n) is 7.05. The van der Waals surface area contributed by atoms with Gasteiger partial charge in [-0.25, -0.2) is 9.50 Å². The Morgan fingerprint density at radius 3 is 2.76 bits per heavy atom. The predicted molar refractivity (Wildman–Crippen MR) is 88.1 cm³/mol. The van der Waals surface area contributed by atoms with Crippen molar-refractivity contribution >= 4 is 22.7 Å². The Kier molecular flexibility index (Phi) is 3.45. The van der Waals surface area contributed by atoms with Gasteiger partial charge in [0, 0.05) is 24.4 Å². The number of anilines is 1. The second-order valence-electron chi connectivity index (χ2n) is 6.32. The molecule has 5 heteroatoms. The van der Waals surface area contributed by atoms with Gasteiger partial charge in [-0.1, -0.05) is 20.8 Å². The van der Waals surface area contributed by atoms with Crippen molar-refractivity contribution in [1.82, 2.24) is 14.6 Å². The van der Waals surface area contributed by atoms with Crippen molar-refractivity contribution in [1.29, 1.82) is 0 Å². The fraction of sp³-hybridized carbons (Fsp3) is 0.375. The van der Waals surface area contributed by atoms with Crippen molar-refractivity contribution in [2.75, 3.05) is 5.32 Å². The average molecular weight is 300 g/mol. The summed E-state index contributed by atoms with van der Waals surface area (Å²) in [7, 11) is 0. The van der Waals surface area contributed by atoms with Crippen LogP contribution in [0.4, 0.5) is 5.82 Å². The predicted octanol–water partition coefficient (Wildman–Crippen LogP) is 4.01. The zero-order valence-electron chi connectivity index (χ0n) is 12.8. The number of hydrogen-bond donors (Lipinski definition) is 1. The van der Waals surface area contributed by atoms with Crippen LogP contribution in [0.1, 0.15) is 37.6 Å². The lowest BCUT2D eigenvalue weighted by atomic mass is 9.92. The summed E-state index contributed by atoms with van der Waals surface area (Å²) < 4.78 is 1.90. The SMILES string of the molecule is Cc1cscc1CNc1nccn2nc(C(C)(C)C)cc12. The maximum atomic E-state index is 4.65. The maximum Gasteiger partial charge on any atom is 0.152 e. The van der Waals surface area contributed by atoms with Gasteiger partial charge in [0.25, 0.3) is 0 Å². The number of aryl methyl sites for hydroxylation is 1. The molecule has 0 radical (unpaired) electrons. The monoisotopic (exact) mass is 300 g/mol. The van der Waals surface area contributed by atoms with Crippen molar-refractivity contribution in [2.45, 2.75) is 39.7 Å². The zero-order chi connectivity index (χ0) is 15.0. The van der Waals surface area contributed by atoms with Crippen molar-refractivity contribution in [3.8, 4) is 0 Å². The molecule has 3 heterocycles. The molecule has 3 aromatic heterocycles. The standard InChI is InChI=1S/C16H20N4S/c1-11-9-21-10-12(11)8-18-15-13-7-14(16(2,3)4)19-20(13)6-5-17-15/h5-7,9-10H,8H2,1-4H3,(H,17,18). The third-order valence-corrected chi connectivity index (χ3v) is 4.48. The van der Waals surface area contributed by atoms with Crippen molar-refractivity contribution in [3.63, 3.8) is 0 Å². The lowest BCUT2D eigenvalue weighted by Crippen LogP contribution is -2.11. The normalized spacial score (nSPS) is 12.0. The number of thiophene rings is 1. The van der Waals surface area contributed by atoms with Gasteiger partial charge in [-0.3, -0.25) is 0 Å². The first-order valence-corrected chi connectivity index (χ1v) is 8.00. The van der Waals surface area contributed by atoms with Crippen LogP contribution in [-0.4, -0.2) is 14.6 Å². The molecular formula is C16H20N4S. The molecule has 0 spiro atoms. The number of aromatic nitrogens is 3. The quantitative estimate of drug-likeness (QED) is 0.794. The van der Waals surface area contributed by atoms with E-state index in [1.807, 2.05) is 10.7 Å². The van der Waals surface area contributed by atoms with Crippen LogP contribution in [0.2, 0.25) is 0 Å². The molecule has 1 N–H and O–H groups in total. The van der Waals surface area contributed by atoms with Crippen molar-refractivity contribution < 1.29 is 0 Å². The van der Waals surface area contributed by atoms with Crippen LogP contribution in [0.3, 0.4) is 0 Å². The Morgan fingerprint density at radius 2 is 2.10 bits per heavy atom. The molecule has 4 nitrogen and oxygen atoms in total.